The molecule has 1 unspecified atom stereocenters. The summed E-state index contributed by atoms with van der Waals surface area (Å²) in [4.78, 5) is 13.8. The molecule has 9 heteroatoms. The van der Waals surface area contributed by atoms with E-state index in [9.17, 15) is 13.2 Å². The molecular formula is C16H23ClN2O5S. The van der Waals surface area contributed by atoms with Crippen molar-refractivity contribution in [3.63, 3.8) is 0 Å². The summed E-state index contributed by atoms with van der Waals surface area (Å²) < 4.78 is 34.2. The summed E-state index contributed by atoms with van der Waals surface area (Å²) in [5.41, 5.74) is 0.622. The van der Waals surface area contributed by atoms with Crippen LogP contribution in [-0.2, 0) is 19.3 Å². The Balaban J connectivity index is 0.00000225. The molecule has 2 saturated heterocycles. The van der Waals surface area contributed by atoms with Crippen LogP contribution < -0.4 is 10.2 Å². The summed E-state index contributed by atoms with van der Waals surface area (Å²) in [7, 11) is -3.25. The molecule has 1 atom stereocenters. The van der Waals surface area contributed by atoms with Gasteiger partial charge in [0.1, 0.15) is 6.10 Å². The molecule has 140 valence electrons. The molecule has 0 saturated carbocycles. The average Bonchev–Trinajstić information content (AvgIpc) is 2.94. The third kappa shape index (κ3) is 5.07. The van der Waals surface area contributed by atoms with E-state index in [2.05, 4.69) is 5.32 Å². The van der Waals surface area contributed by atoms with E-state index < -0.39 is 15.9 Å². The average molecular weight is 391 g/mol. The quantitative estimate of drug-likeness (QED) is 0.822. The fraction of sp³-hybridized carbons (Fsp3) is 0.562. The molecule has 2 aliphatic rings. The van der Waals surface area contributed by atoms with Crippen LogP contribution in [0.2, 0.25) is 0 Å². The second-order valence-electron chi connectivity index (χ2n) is 6.17. The number of nitrogens with zero attached hydrogens (tertiary/aromatic N) is 1. The Labute approximate surface area is 154 Å². The van der Waals surface area contributed by atoms with Crippen molar-refractivity contribution in [2.75, 3.05) is 37.4 Å². The van der Waals surface area contributed by atoms with E-state index in [1.807, 2.05) is 0 Å². The zero-order valence-electron chi connectivity index (χ0n) is 14.0. The van der Waals surface area contributed by atoms with Crippen LogP contribution in [0.4, 0.5) is 10.5 Å². The lowest BCUT2D eigenvalue weighted by molar-refractivity contribution is -0.0124. The lowest BCUT2D eigenvalue weighted by Gasteiger charge is -2.23. The number of ether oxygens (including phenoxy) is 2. The van der Waals surface area contributed by atoms with Gasteiger partial charge in [0, 0.05) is 11.9 Å². The molecule has 2 heterocycles. The van der Waals surface area contributed by atoms with Crippen molar-refractivity contribution in [1.82, 2.24) is 5.32 Å². The van der Waals surface area contributed by atoms with E-state index in [4.69, 9.17) is 9.47 Å². The number of amides is 1. The molecule has 2 aliphatic heterocycles. The first kappa shape index (κ1) is 20.0. The normalized spacial score (nSPS) is 21.7. The molecule has 1 aromatic carbocycles. The van der Waals surface area contributed by atoms with Crippen LogP contribution in [-0.4, -0.2) is 59.2 Å². The standard InChI is InChI=1S/C16H22N2O5S.ClH/c1-24(20,21)15-4-2-12(3-5-15)18-10-14(23-16(18)19)11-22-13-6-8-17-9-7-13;/h2-5,13-14,17H,6-11H2,1H3;1H. The van der Waals surface area contributed by atoms with E-state index in [-0.39, 0.29) is 29.5 Å². The highest BCUT2D eigenvalue weighted by atomic mass is 35.5. The highest BCUT2D eigenvalue weighted by Gasteiger charge is 2.33. The van der Waals surface area contributed by atoms with Gasteiger partial charge in [0.05, 0.1) is 24.2 Å². The number of benzene rings is 1. The van der Waals surface area contributed by atoms with Gasteiger partial charge in [0.25, 0.3) is 0 Å². The smallest absolute Gasteiger partial charge is 0.414 e. The summed E-state index contributed by atoms with van der Waals surface area (Å²) in [6.45, 7) is 2.69. The number of sulfone groups is 1. The second kappa shape index (κ2) is 8.35. The van der Waals surface area contributed by atoms with Crippen molar-refractivity contribution in [3.05, 3.63) is 24.3 Å². The maximum Gasteiger partial charge on any atom is 0.414 e. The highest BCUT2D eigenvalue weighted by molar-refractivity contribution is 7.90. The first-order valence-corrected chi connectivity index (χ1v) is 9.93. The van der Waals surface area contributed by atoms with Gasteiger partial charge in [-0.15, -0.1) is 12.4 Å². The molecule has 1 amide bonds. The number of cyclic esters (lactones) is 1. The fourth-order valence-corrected chi connectivity index (χ4v) is 3.53. The van der Waals surface area contributed by atoms with Gasteiger partial charge in [-0.1, -0.05) is 0 Å². The van der Waals surface area contributed by atoms with Crippen LogP contribution in [0.5, 0.6) is 0 Å². The van der Waals surface area contributed by atoms with Gasteiger partial charge < -0.3 is 14.8 Å². The molecule has 25 heavy (non-hydrogen) atoms. The number of carbonyl (C=O) groups excluding carboxylic acids is 1. The lowest BCUT2D eigenvalue weighted by atomic mass is 10.1. The van der Waals surface area contributed by atoms with Gasteiger partial charge >= 0.3 is 6.09 Å². The molecule has 0 bridgehead atoms. The SMILES string of the molecule is CS(=O)(=O)c1ccc(N2CC(COC3CCNCC3)OC2=O)cc1.Cl. The predicted octanol–water partition coefficient (Wildman–Crippen LogP) is 1.61. The molecule has 0 aromatic heterocycles. The molecule has 3 rings (SSSR count). The largest absolute Gasteiger partial charge is 0.441 e. The van der Waals surface area contributed by atoms with Gasteiger partial charge in [0.2, 0.25) is 0 Å². The number of halogens is 1. The van der Waals surface area contributed by atoms with E-state index in [0.717, 1.165) is 32.2 Å². The monoisotopic (exact) mass is 390 g/mol. The maximum atomic E-state index is 12.0. The second-order valence-corrected chi connectivity index (χ2v) is 8.18. The Hall–Kier alpha value is -1.35. The lowest BCUT2D eigenvalue weighted by Crippen LogP contribution is -2.34. The van der Waals surface area contributed by atoms with Crippen molar-refractivity contribution >= 4 is 34.0 Å². The van der Waals surface area contributed by atoms with Gasteiger partial charge in [-0.3, -0.25) is 4.90 Å². The van der Waals surface area contributed by atoms with Crippen molar-refractivity contribution in [1.29, 1.82) is 0 Å². The van der Waals surface area contributed by atoms with Crippen LogP contribution in [0.15, 0.2) is 29.2 Å². The van der Waals surface area contributed by atoms with E-state index >= 15 is 0 Å². The van der Waals surface area contributed by atoms with Crippen LogP contribution in [0.25, 0.3) is 0 Å². The van der Waals surface area contributed by atoms with Gasteiger partial charge in [-0.05, 0) is 50.2 Å². The number of nitrogens with one attached hydrogen (secondary N) is 1. The topological polar surface area (TPSA) is 84.9 Å². The summed E-state index contributed by atoms with van der Waals surface area (Å²) in [6, 6.07) is 6.23. The minimum Gasteiger partial charge on any atom is -0.441 e. The van der Waals surface area contributed by atoms with Crippen LogP contribution in [0, 0.1) is 0 Å². The molecule has 2 fully saturated rings. The van der Waals surface area contributed by atoms with Gasteiger partial charge in [-0.25, -0.2) is 13.2 Å². The maximum absolute atomic E-state index is 12.0. The molecule has 0 spiro atoms. The molecular weight excluding hydrogens is 368 g/mol. The van der Waals surface area contributed by atoms with Gasteiger partial charge in [-0.2, -0.15) is 0 Å². The third-order valence-electron chi connectivity index (χ3n) is 4.25. The van der Waals surface area contributed by atoms with Crippen molar-refractivity contribution in [3.8, 4) is 0 Å². The Morgan fingerprint density at radius 2 is 1.88 bits per heavy atom. The molecule has 1 N–H and O–H groups in total. The van der Waals surface area contributed by atoms with Crippen LogP contribution >= 0.6 is 12.4 Å². The number of hydrogen-bond acceptors (Lipinski definition) is 6. The number of anilines is 1. The number of piperidine rings is 1. The minimum atomic E-state index is -3.25. The summed E-state index contributed by atoms with van der Waals surface area (Å²) in [6.07, 6.45) is 2.57. The molecule has 0 aliphatic carbocycles. The van der Waals surface area contributed by atoms with Crippen LogP contribution in [0.3, 0.4) is 0 Å². The van der Waals surface area contributed by atoms with E-state index in [0.29, 0.717) is 18.8 Å². The number of carbonyl (C=O) groups is 1. The number of hydrogen-bond donors (Lipinski definition) is 1. The Morgan fingerprint density at radius 3 is 2.48 bits per heavy atom. The van der Waals surface area contributed by atoms with E-state index in [1.165, 1.54) is 17.0 Å². The summed E-state index contributed by atoms with van der Waals surface area (Å²) in [5, 5.41) is 3.28. The zero-order valence-corrected chi connectivity index (χ0v) is 15.6. The van der Waals surface area contributed by atoms with Crippen molar-refractivity contribution in [2.45, 2.75) is 29.9 Å². The Morgan fingerprint density at radius 1 is 1.24 bits per heavy atom. The number of rotatable bonds is 5. The highest BCUT2D eigenvalue weighted by Crippen LogP contribution is 2.24. The van der Waals surface area contributed by atoms with Gasteiger partial charge in [0.15, 0.2) is 9.84 Å². The molecule has 7 nitrogen and oxygen atoms in total. The van der Waals surface area contributed by atoms with Crippen LogP contribution in [0.1, 0.15) is 12.8 Å². The minimum absolute atomic E-state index is 0. The third-order valence-corrected chi connectivity index (χ3v) is 5.38. The first-order valence-electron chi connectivity index (χ1n) is 8.04. The van der Waals surface area contributed by atoms with E-state index in [1.54, 1.807) is 12.1 Å². The summed E-state index contributed by atoms with van der Waals surface area (Å²) >= 11 is 0. The zero-order chi connectivity index (χ0) is 17.2. The van der Waals surface area contributed by atoms with Crippen molar-refractivity contribution < 1.29 is 22.7 Å². The summed E-state index contributed by atoms with van der Waals surface area (Å²) in [5.74, 6) is 0. The Kier molecular flexibility index (Phi) is 6.67. The first-order chi connectivity index (χ1) is 11.4. The van der Waals surface area contributed by atoms with Crippen molar-refractivity contribution in [2.24, 2.45) is 0 Å². The Bertz CT molecular complexity index is 689. The molecule has 1 aromatic rings. The molecule has 0 radical (unpaired) electrons. The predicted molar refractivity (Wildman–Crippen MR) is 96.3 cm³/mol. The fourth-order valence-electron chi connectivity index (χ4n) is 2.90.